The summed E-state index contributed by atoms with van der Waals surface area (Å²) in [6.45, 7) is 4.94. The van der Waals surface area contributed by atoms with E-state index in [4.69, 9.17) is 23.2 Å². The van der Waals surface area contributed by atoms with Crippen LogP contribution in [0.15, 0.2) is 12.1 Å². The molecule has 18 heavy (non-hydrogen) atoms. The van der Waals surface area contributed by atoms with E-state index in [-0.39, 0.29) is 5.91 Å². The summed E-state index contributed by atoms with van der Waals surface area (Å²) in [6, 6.07) is 3.29. The van der Waals surface area contributed by atoms with Gasteiger partial charge in [0.1, 0.15) is 0 Å². The van der Waals surface area contributed by atoms with Crippen molar-refractivity contribution < 1.29 is 4.79 Å². The molecule has 100 valence electrons. The second kappa shape index (κ2) is 7.56. The molecule has 0 aliphatic heterocycles. The van der Waals surface area contributed by atoms with Gasteiger partial charge in [0.25, 0.3) is 5.91 Å². The van der Waals surface area contributed by atoms with Gasteiger partial charge in [-0.1, -0.05) is 49.9 Å². The average molecular weight is 400 g/mol. The molecule has 0 saturated carbocycles. The van der Waals surface area contributed by atoms with Gasteiger partial charge >= 0.3 is 0 Å². The molecular formula is C13H16Cl2INO. The highest BCUT2D eigenvalue weighted by Crippen LogP contribution is 2.26. The quantitative estimate of drug-likeness (QED) is 0.561. The molecular weight excluding hydrogens is 384 g/mol. The van der Waals surface area contributed by atoms with Crippen molar-refractivity contribution in [3.05, 3.63) is 31.3 Å². The van der Waals surface area contributed by atoms with Crippen LogP contribution >= 0.6 is 45.8 Å². The second-order valence-electron chi connectivity index (χ2n) is 4.14. The van der Waals surface area contributed by atoms with Crippen LogP contribution in [0.5, 0.6) is 0 Å². The second-order valence-corrected chi connectivity index (χ2v) is 6.06. The molecule has 0 bridgehead atoms. The predicted octanol–water partition coefficient (Wildman–Crippen LogP) is 4.76. The van der Waals surface area contributed by atoms with Gasteiger partial charge in [0, 0.05) is 15.1 Å². The van der Waals surface area contributed by atoms with E-state index < -0.39 is 0 Å². The van der Waals surface area contributed by atoms with E-state index in [1.54, 1.807) is 12.1 Å². The maximum Gasteiger partial charge on any atom is 0.252 e. The molecule has 1 aromatic rings. The highest BCUT2D eigenvalue weighted by Gasteiger charge is 2.14. The lowest BCUT2D eigenvalue weighted by atomic mass is 10.0. The summed E-state index contributed by atoms with van der Waals surface area (Å²) in [5.41, 5.74) is 0.541. The molecule has 0 heterocycles. The van der Waals surface area contributed by atoms with Crippen LogP contribution in [0, 0.1) is 9.49 Å². The minimum Gasteiger partial charge on any atom is -0.352 e. The van der Waals surface area contributed by atoms with Gasteiger partial charge in [-0.15, -0.1) is 0 Å². The van der Waals surface area contributed by atoms with Gasteiger partial charge < -0.3 is 5.32 Å². The van der Waals surface area contributed by atoms with Gasteiger partial charge in [0.15, 0.2) is 0 Å². The predicted molar refractivity (Wildman–Crippen MR) is 85.6 cm³/mol. The number of carbonyl (C=O) groups excluding carboxylic acids is 1. The molecule has 0 radical (unpaired) electrons. The number of amides is 1. The molecule has 0 spiro atoms. The Kier molecular flexibility index (Phi) is 6.74. The number of rotatable bonds is 5. The molecule has 0 saturated heterocycles. The first-order valence-corrected chi connectivity index (χ1v) is 7.75. The lowest BCUT2D eigenvalue weighted by Gasteiger charge is -2.14. The van der Waals surface area contributed by atoms with E-state index in [0.717, 1.165) is 16.4 Å². The van der Waals surface area contributed by atoms with Crippen molar-refractivity contribution in [3.8, 4) is 0 Å². The Morgan fingerprint density at radius 1 is 1.33 bits per heavy atom. The fraction of sp³-hybridized carbons (Fsp3) is 0.462. The molecule has 2 nitrogen and oxygen atoms in total. The smallest absolute Gasteiger partial charge is 0.252 e. The van der Waals surface area contributed by atoms with Crippen LogP contribution < -0.4 is 5.32 Å². The van der Waals surface area contributed by atoms with Crippen molar-refractivity contribution in [1.29, 1.82) is 0 Å². The topological polar surface area (TPSA) is 29.1 Å². The fourth-order valence-corrected chi connectivity index (χ4v) is 2.68. The summed E-state index contributed by atoms with van der Waals surface area (Å²) in [6.07, 6.45) is 2.12. The van der Waals surface area contributed by atoms with Crippen LogP contribution in [-0.4, -0.2) is 12.5 Å². The monoisotopic (exact) mass is 399 g/mol. The number of hydrogen-bond acceptors (Lipinski definition) is 1. The van der Waals surface area contributed by atoms with Crippen LogP contribution in [0.1, 0.15) is 37.0 Å². The van der Waals surface area contributed by atoms with Crippen molar-refractivity contribution in [2.24, 2.45) is 5.92 Å². The molecule has 0 aromatic heterocycles. The minimum atomic E-state index is -0.115. The number of nitrogens with one attached hydrogen (secondary N) is 1. The maximum atomic E-state index is 12.1. The molecule has 0 atom stereocenters. The summed E-state index contributed by atoms with van der Waals surface area (Å²) in [5.74, 6) is 0.400. The summed E-state index contributed by atoms with van der Waals surface area (Å²) in [5, 5.41) is 3.92. The third-order valence-corrected chi connectivity index (χ3v) is 4.94. The molecule has 1 rings (SSSR count). The van der Waals surface area contributed by atoms with E-state index in [0.29, 0.717) is 28.1 Å². The van der Waals surface area contributed by atoms with Gasteiger partial charge in [-0.2, -0.15) is 0 Å². The Bertz CT molecular complexity index is 433. The molecule has 0 unspecified atom stereocenters. The molecule has 1 amide bonds. The molecule has 0 aliphatic rings. The Morgan fingerprint density at radius 3 is 2.50 bits per heavy atom. The molecule has 5 heteroatoms. The third-order valence-electron chi connectivity index (χ3n) is 2.94. The summed E-state index contributed by atoms with van der Waals surface area (Å²) >= 11 is 14.0. The zero-order chi connectivity index (χ0) is 13.7. The average Bonchev–Trinajstić information content (AvgIpc) is 2.34. The van der Waals surface area contributed by atoms with E-state index >= 15 is 0 Å². The van der Waals surface area contributed by atoms with E-state index in [1.807, 2.05) is 0 Å². The molecule has 1 aromatic carbocycles. The lowest BCUT2D eigenvalue weighted by Crippen LogP contribution is -2.29. The van der Waals surface area contributed by atoms with Crippen LogP contribution in [0.4, 0.5) is 0 Å². The Labute approximate surface area is 132 Å². The molecule has 0 fully saturated rings. The van der Waals surface area contributed by atoms with Crippen LogP contribution in [-0.2, 0) is 0 Å². The number of hydrogen-bond donors (Lipinski definition) is 1. The Morgan fingerprint density at radius 2 is 1.94 bits per heavy atom. The summed E-state index contributed by atoms with van der Waals surface area (Å²) < 4.78 is 0.737. The largest absolute Gasteiger partial charge is 0.352 e. The van der Waals surface area contributed by atoms with Crippen molar-refractivity contribution in [1.82, 2.24) is 5.32 Å². The lowest BCUT2D eigenvalue weighted by molar-refractivity contribution is 0.0945. The number of halogens is 3. The highest BCUT2D eigenvalue weighted by molar-refractivity contribution is 14.1. The number of benzene rings is 1. The first-order chi connectivity index (χ1) is 8.49. The van der Waals surface area contributed by atoms with E-state index in [9.17, 15) is 4.79 Å². The van der Waals surface area contributed by atoms with Crippen molar-refractivity contribution in [2.75, 3.05) is 6.54 Å². The van der Waals surface area contributed by atoms with Gasteiger partial charge in [-0.05, 0) is 40.6 Å². The molecule has 0 aliphatic carbocycles. The minimum absolute atomic E-state index is 0.115. The maximum absolute atomic E-state index is 12.1. The SMILES string of the molecule is CCC(CC)CNC(=O)c1cc(Cl)cc(Cl)c1I. The van der Waals surface area contributed by atoms with Gasteiger partial charge in [0.05, 0.1) is 10.6 Å². The first-order valence-electron chi connectivity index (χ1n) is 5.92. The van der Waals surface area contributed by atoms with Gasteiger partial charge in [-0.3, -0.25) is 4.79 Å². The van der Waals surface area contributed by atoms with Crippen molar-refractivity contribution >= 4 is 51.7 Å². The van der Waals surface area contributed by atoms with Gasteiger partial charge in [0.2, 0.25) is 0 Å². The highest BCUT2D eigenvalue weighted by atomic mass is 127. The summed E-state index contributed by atoms with van der Waals surface area (Å²) in [7, 11) is 0. The van der Waals surface area contributed by atoms with Crippen LogP contribution in [0.3, 0.4) is 0 Å². The van der Waals surface area contributed by atoms with E-state index in [2.05, 4.69) is 41.8 Å². The standard InChI is InChI=1S/C13H16Cl2INO/c1-3-8(4-2)7-17-13(18)10-5-9(14)6-11(15)12(10)16/h5-6,8H,3-4,7H2,1-2H3,(H,17,18). The third kappa shape index (κ3) is 4.28. The van der Waals surface area contributed by atoms with Crippen molar-refractivity contribution in [2.45, 2.75) is 26.7 Å². The zero-order valence-electron chi connectivity index (χ0n) is 10.4. The fourth-order valence-electron chi connectivity index (χ4n) is 1.63. The van der Waals surface area contributed by atoms with E-state index in [1.165, 1.54) is 0 Å². The first kappa shape index (κ1) is 16.1. The molecule has 1 N–H and O–H groups in total. The van der Waals surface area contributed by atoms with Crippen LogP contribution in [0.25, 0.3) is 0 Å². The van der Waals surface area contributed by atoms with Crippen LogP contribution in [0.2, 0.25) is 10.0 Å². The van der Waals surface area contributed by atoms with Crippen molar-refractivity contribution in [3.63, 3.8) is 0 Å². The number of carbonyl (C=O) groups is 1. The van der Waals surface area contributed by atoms with Gasteiger partial charge in [-0.25, -0.2) is 0 Å². The zero-order valence-corrected chi connectivity index (χ0v) is 14.1. The summed E-state index contributed by atoms with van der Waals surface area (Å²) in [4.78, 5) is 12.1. The Balaban J connectivity index is 2.78. The normalized spacial score (nSPS) is 10.8. The Hall–Kier alpha value is -0.000000000000000111.